The highest BCUT2D eigenvalue weighted by Crippen LogP contribution is 2.30. The Hall–Kier alpha value is -3.95. The lowest BCUT2D eigenvalue weighted by Gasteiger charge is -2.27. The Morgan fingerprint density at radius 1 is 1.00 bits per heavy atom. The molecule has 0 unspecified atom stereocenters. The van der Waals surface area contributed by atoms with Crippen molar-refractivity contribution in [2.45, 2.75) is 38.2 Å². The van der Waals surface area contributed by atoms with Crippen LogP contribution in [0.15, 0.2) is 42.7 Å². The van der Waals surface area contributed by atoms with Gasteiger partial charge in [-0.25, -0.2) is 28.1 Å². The summed E-state index contributed by atoms with van der Waals surface area (Å²) in [5.74, 6) is -2.70. The van der Waals surface area contributed by atoms with E-state index in [0.717, 1.165) is 37.8 Å². The lowest BCUT2D eigenvalue weighted by molar-refractivity contribution is -0.138. The highest BCUT2D eigenvalue weighted by molar-refractivity contribution is 5.80. The summed E-state index contributed by atoms with van der Waals surface area (Å²) in [4.78, 5) is 26.4. The van der Waals surface area contributed by atoms with E-state index in [1.54, 1.807) is 6.07 Å². The normalized spacial score (nSPS) is 18.0. The van der Waals surface area contributed by atoms with E-state index in [4.69, 9.17) is 9.84 Å². The van der Waals surface area contributed by atoms with Gasteiger partial charge in [-0.3, -0.25) is 4.79 Å². The Balaban J connectivity index is 1.27. The summed E-state index contributed by atoms with van der Waals surface area (Å²) in [6, 6.07) is 6.39. The number of carboxylic acid groups (broad SMARTS) is 1. The van der Waals surface area contributed by atoms with Crippen LogP contribution >= 0.6 is 0 Å². The molecule has 0 aliphatic heterocycles. The number of nitrogens with zero attached hydrogens (tertiary/aromatic N) is 3. The van der Waals surface area contributed by atoms with Crippen LogP contribution in [0.2, 0.25) is 0 Å². The van der Waals surface area contributed by atoms with Gasteiger partial charge in [-0.1, -0.05) is 6.07 Å². The summed E-state index contributed by atoms with van der Waals surface area (Å²) in [5, 5.41) is 8.92. The minimum atomic E-state index is -1.02. The van der Waals surface area contributed by atoms with Crippen LogP contribution in [0.1, 0.15) is 32.1 Å². The molecule has 0 spiro atoms. The van der Waals surface area contributed by atoms with Crippen LogP contribution in [-0.4, -0.2) is 37.1 Å². The van der Waals surface area contributed by atoms with Crippen molar-refractivity contribution in [1.29, 1.82) is 0 Å². The molecule has 2 heterocycles. The van der Waals surface area contributed by atoms with Crippen LogP contribution in [0.4, 0.5) is 13.2 Å². The number of hydrogen-bond donors (Lipinski definition) is 2. The number of imidazole rings is 1. The van der Waals surface area contributed by atoms with E-state index in [9.17, 15) is 18.0 Å². The van der Waals surface area contributed by atoms with Gasteiger partial charge in [-0.15, -0.1) is 0 Å². The molecule has 10 heteroatoms. The minimum absolute atomic E-state index is 0.0392. The number of fused-ring (bicyclic) bond motifs is 1. The highest BCUT2D eigenvalue weighted by atomic mass is 19.2. The van der Waals surface area contributed by atoms with Crippen LogP contribution in [0.3, 0.4) is 0 Å². The smallest absolute Gasteiger partial charge is 0.303 e. The molecule has 180 valence electrons. The largest absolute Gasteiger partial charge is 0.481 e. The number of aromatic amines is 1. The Morgan fingerprint density at radius 3 is 2.46 bits per heavy atom. The van der Waals surface area contributed by atoms with Crippen molar-refractivity contribution in [3.8, 4) is 28.5 Å². The summed E-state index contributed by atoms with van der Waals surface area (Å²) >= 11 is 0. The van der Waals surface area contributed by atoms with Gasteiger partial charge < -0.3 is 14.8 Å². The molecule has 2 N–H and O–H groups in total. The summed E-state index contributed by atoms with van der Waals surface area (Å²) < 4.78 is 47.7. The minimum Gasteiger partial charge on any atom is -0.481 e. The predicted molar refractivity (Wildman–Crippen MR) is 121 cm³/mol. The van der Waals surface area contributed by atoms with Gasteiger partial charge in [0, 0.05) is 24.1 Å². The summed E-state index contributed by atoms with van der Waals surface area (Å²) in [5.41, 5.74) is 1.55. The zero-order valence-electron chi connectivity index (χ0n) is 18.5. The van der Waals surface area contributed by atoms with Crippen molar-refractivity contribution in [2.24, 2.45) is 5.92 Å². The fourth-order valence-corrected chi connectivity index (χ4v) is 4.40. The first kappa shape index (κ1) is 22.8. The predicted octanol–water partition coefficient (Wildman–Crippen LogP) is 5.52. The van der Waals surface area contributed by atoms with Gasteiger partial charge >= 0.3 is 5.97 Å². The molecule has 1 aliphatic rings. The van der Waals surface area contributed by atoms with Gasteiger partial charge in [0.2, 0.25) is 5.88 Å². The second-order valence-corrected chi connectivity index (χ2v) is 8.66. The van der Waals surface area contributed by atoms with Crippen molar-refractivity contribution in [3.63, 3.8) is 0 Å². The van der Waals surface area contributed by atoms with E-state index in [-0.39, 0.29) is 40.9 Å². The molecule has 7 nitrogen and oxygen atoms in total. The Kier molecular flexibility index (Phi) is 6.10. The SMILES string of the molecule is O=C(O)C[C@H]1CC[C@@H](Oc2cnc(-c3ccc(-c4nc5cc(F)c(F)cc5[nH]4)c(F)c3)cn2)CC1. The third-order valence-corrected chi connectivity index (χ3v) is 6.22. The lowest BCUT2D eigenvalue weighted by Crippen LogP contribution is -2.25. The van der Waals surface area contributed by atoms with Crippen molar-refractivity contribution in [1.82, 2.24) is 19.9 Å². The zero-order chi connectivity index (χ0) is 24.5. The molecule has 0 saturated heterocycles. The van der Waals surface area contributed by atoms with Gasteiger partial charge in [0.25, 0.3) is 0 Å². The molecule has 1 aliphatic carbocycles. The van der Waals surface area contributed by atoms with Crippen molar-refractivity contribution in [2.75, 3.05) is 0 Å². The first-order valence-corrected chi connectivity index (χ1v) is 11.2. The Labute approximate surface area is 198 Å². The molecule has 1 fully saturated rings. The molecular weight excluding hydrogens is 461 g/mol. The molecular formula is C25H21F3N4O3. The number of halogens is 3. The van der Waals surface area contributed by atoms with Gasteiger partial charge in [0.05, 0.1) is 34.7 Å². The first-order valence-electron chi connectivity index (χ1n) is 11.2. The number of carboxylic acids is 1. The zero-order valence-corrected chi connectivity index (χ0v) is 18.5. The van der Waals surface area contributed by atoms with Crippen LogP contribution in [-0.2, 0) is 4.79 Å². The van der Waals surface area contributed by atoms with Crippen LogP contribution in [0.25, 0.3) is 33.7 Å². The Bertz CT molecular complexity index is 1340. The number of H-pyrrole nitrogens is 1. The van der Waals surface area contributed by atoms with Gasteiger partial charge in [-0.2, -0.15) is 0 Å². The van der Waals surface area contributed by atoms with Crippen molar-refractivity contribution >= 4 is 17.0 Å². The van der Waals surface area contributed by atoms with E-state index in [1.165, 1.54) is 24.5 Å². The van der Waals surface area contributed by atoms with Crippen LogP contribution in [0.5, 0.6) is 5.88 Å². The van der Waals surface area contributed by atoms with Gasteiger partial charge in [0.15, 0.2) is 11.6 Å². The second-order valence-electron chi connectivity index (χ2n) is 8.66. The maximum absolute atomic E-state index is 14.9. The Morgan fingerprint density at radius 2 is 1.77 bits per heavy atom. The summed E-state index contributed by atoms with van der Waals surface area (Å²) in [6.45, 7) is 0. The van der Waals surface area contributed by atoms with Crippen LogP contribution < -0.4 is 4.74 Å². The number of rotatable bonds is 6. The fourth-order valence-electron chi connectivity index (χ4n) is 4.40. The van der Waals surface area contributed by atoms with Crippen LogP contribution in [0, 0.1) is 23.4 Å². The quantitative estimate of drug-likeness (QED) is 0.376. The highest BCUT2D eigenvalue weighted by Gasteiger charge is 2.24. The molecule has 2 aromatic carbocycles. The number of aromatic nitrogens is 4. The van der Waals surface area contributed by atoms with E-state index >= 15 is 0 Å². The van der Waals surface area contributed by atoms with Gasteiger partial charge in [0.1, 0.15) is 17.7 Å². The van der Waals surface area contributed by atoms with E-state index in [0.29, 0.717) is 17.1 Å². The number of aliphatic carboxylic acids is 1. The van der Waals surface area contributed by atoms with Crippen molar-refractivity contribution < 1.29 is 27.8 Å². The van der Waals surface area contributed by atoms with E-state index in [1.807, 2.05) is 0 Å². The maximum Gasteiger partial charge on any atom is 0.303 e. The van der Waals surface area contributed by atoms with E-state index < -0.39 is 23.4 Å². The van der Waals surface area contributed by atoms with E-state index in [2.05, 4.69) is 19.9 Å². The maximum atomic E-state index is 14.9. The molecule has 2 aromatic heterocycles. The summed E-state index contributed by atoms with van der Waals surface area (Å²) in [7, 11) is 0. The topological polar surface area (TPSA) is 101 Å². The number of hydrogen-bond acceptors (Lipinski definition) is 5. The number of carbonyl (C=O) groups is 1. The molecule has 35 heavy (non-hydrogen) atoms. The molecule has 0 amide bonds. The number of ether oxygens (including phenoxy) is 1. The number of benzene rings is 2. The molecule has 1 saturated carbocycles. The monoisotopic (exact) mass is 482 g/mol. The van der Waals surface area contributed by atoms with Gasteiger partial charge in [-0.05, 0) is 43.7 Å². The molecule has 5 rings (SSSR count). The molecule has 4 aromatic rings. The first-order chi connectivity index (χ1) is 16.9. The van der Waals surface area contributed by atoms with Crippen molar-refractivity contribution in [3.05, 3.63) is 60.2 Å². The third-order valence-electron chi connectivity index (χ3n) is 6.22. The molecule has 0 atom stereocenters. The average molecular weight is 482 g/mol. The lowest BCUT2D eigenvalue weighted by atomic mass is 9.85. The number of nitrogens with one attached hydrogen (secondary N) is 1. The summed E-state index contributed by atoms with van der Waals surface area (Å²) in [6.07, 6.45) is 6.22. The third kappa shape index (κ3) is 4.96. The average Bonchev–Trinajstić information content (AvgIpc) is 3.23. The second kappa shape index (κ2) is 9.36. The molecule has 0 bridgehead atoms. The molecule has 0 radical (unpaired) electrons. The standard InChI is InChI=1S/C25H21F3N4O3/c26-17-8-14(3-6-16(17)25-31-20-9-18(27)19(28)10-21(20)32-25)22-11-30-23(12-29-22)35-15-4-1-13(2-5-15)7-24(33)34/h3,6,8-13,15H,1-2,4-5,7H2,(H,31,32)(H,33,34)/t13-,15+. The fraction of sp³-hybridized carbons (Fsp3) is 0.280.